The van der Waals surface area contributed by atoms with Gasteiger partial charge in [0.2, 0.25) is 0 Å². The Labute approximate surface area is 97.3 Å². The van der Waals surface area contributed by atoms with Crippen LogP contribution < -0.4 is 15.2 Å². The Morgan fingerprint density at radius 2 is 1.82 bits per heavy atom. The van der Waals surface area contributed by atoms with Gasteiger partial charge in [-0.3, -0.25) is 4.79 Å². The van der Waals surface area contributed by atoms with Crippen molar-refractivity contribution in [3.8, 4) is 11.5 Å². The Morgan fingerprint density at radius 1 is 1.18 bits per heavy atom. The van der Waals surface area contributed by atoms with Crippen LogP contribution in [0.1, 0.15) is 10.4 Å². The van der Waals surface area contributed by atoms with Crippen molar-refractivity contribution in [1.82, 2.24) is 0 Å². The molecule has 2 N–H and O–H groups in total. The van der Waals surface area contributed by atoms with Gasteiger partial charge in [0.15, 0.2) is 0 Å². The summed E-state index contributed by atoms with van der Waals surface area (Å²) in [5.41, 5.74) is 5.25. The van der Waals surface area contributed by atoms with Crippen molar-refractivity contribution in [2.24, 2.45) is 5.73 Å². The van der Waals surface area contributed by atoms with Gasteiger partial charge >= 0.3 is 0 Å². The van der Waals surface area contributed by atoms with Crippen LogP contribution >= 0.6 is 0 Å². The SMILES string of the molecule is NC(=O)c1ccc(OCCF)cc1OCCF. The summed E-state index contributed by atoms with van der Waals surface area (Å²) in [6, 6.07) is 4.24. The molecule has 6 heteroatoms. The first-order valence-electron chi connectivity index (χ1n) is 5.00. The molecule has 4 nitrogen and oxygen atoms in total. The van der Waals surface area contributed by atoms with E-state index in [9.17, 15) is 13.6 Å². The lowest BCUT2D eigenvalue weighted by atomic mass is 10.2. The van der Waals surface area contributed by atoms with E-state index in [1.54, 1.807) is 0 Å². The van der Waals surface area contributed by atoms with E-state index in [1.807, 2.05) is 0 Å². The van der Waals surface area contributed by atoms with Gasteiger partial charge in [0, 0.05) is 6.07 Å². The minimum atomic E-state index is -0.687. The molecule has 0 unspecified atom stereocenters. The van der Waals surface area contributed by atoms with Crippen molar-refractivity contribution in [3.63, 3.8) is 0 Å². The monoisotopic (exact) mass is 245 g/mol. The fourth-order valence-corrected chi connectivity index (χ4v) is 1.22. The number of carbonyl (C=O) groups excluding carboxylic acids is 1. The van der Waals surface area contributed by atoms with Gasteiger partial charge in [-0.1, -0.05) is 0 Å². The number of hydrogen-bond donors (Lipinski definition) is 1. The fourth-order valence-electron chi connectivity index (χ4n) is 1.22. The number of benzene rings is 1. The van der Waals surface area contributed by atoms with E-state index in [0.717, 1.165) is 0 Å². The highest BCUT2D eigenvalue weighted by atomic mass is 19.1. The first kappa shape index (κ1) is 13.2. The van der Waals surface area contributed by atoms with Gasteiger partial charge in [-0.2, -0.15) is 0 Å². The summed E-state index contributed by atoms with van der Waals surface area (Å²) in [6.07, 6.45) is 0. The smallest absolute Gasteiger partial charge is 0.252 e. The molecule has 0 aliphatic carbocycles. The van der Waals surface area contributed by atoms with Crippen molar-refractivity contribution in [2.75, 3.05) is 26.6 Å². The van der Waals surface area contributed by atoms with Gasteiger partial charge in [-0.25, -0.2) is 8.78 Å². The topological polar surface area (TPSA) is 61.6 Å². The average Bonchev–Trinajstić information content (AvgIpc) is 2.33. The molecule has 1 amide bonds. The maximum Gasteiger partial charge on any atom is 0.252 e. The lowest BCUT2D eigenvalue weighted by Gasteiger charge is -2.10. The Balaban J connectivity index is 2.88. The number of ether oxygens (including phenoxy) is 2. The minimum absolute atomic E-state index is 0.0987. The third-order valence-corrected chi connectivity index (χ3v) is 1.90. The molecule has 0 heterocycles. The lowest BCUT2D eigenvalue weighted by Crippen LogP contribution is -2.14. The van der Waals surface area contributed by atoms with Crippen molar-refractivity contribution < 1.29 is 23.0 Å². The van der Waals surface area contributed by atoms with Gasteiger partial charge in [-0.15, -0.1) is 0 Å². The minimum Gasteiger partial charge on any atom is -0.491 e. The van der Waals surface area contributed by atoms with E-state index in [1.165, 1.54) is 18.2 Å². The average molecular weight is 245 g/mol. The molecule has 17 heavy (non-hydrogen) atoms. The summed E-state index contributed by atoms with van der Waals surface area (Å²) < 4.78 is 33.9. The Bertz CT molecular complexity index is 385. The van der Waals surface area contributed by atoms with Crippen molar-refractivity contribution in [1.29, 1.82) is 0 Å². The Kier molecular flexibility index (Phi) is 5.19. The number of rotatable bonds is 7. The quantitative estimate of drug-likeness (QED) is 0.791. The number of nitrogens with two attached hydrogens (primary N) is 1. The normalized spacial score (nSPS) is 10.0. The molecule has 0 radical (unpaired) electrons. The number of primary amides is 1. The molecule has 0 aliphatic rings. The number of hydrogen-bond acceptors (Lipinski definition) is 3. The van der Waals surface area contributed by atoms with Crippen LogP contribution in [-0.4, -0.2) is 32.5 Å². The molecular formula is C11H13F2NO3. The van der Waals surface area contributed by atoms with Crippen LogP contribution in [-0.2, 0) is 0 Å². The highest BCUT2D eigenvalue weighted by Gasteiger charge is 2.11. The van der Waals surface area contributed by atoms with Crippen LogP contribution in [0.2, 0.25) is 0 Å². The molecule has 0 bridgehead atoms. The maximum absolute atomic E-state index is 12.0. The van der Waals surface area contributed by atoms with E-state index in [4.69, 9.17) is 15.2 Å². The molecule has 0 fully saturated rings. The third-order valence-electron chi connectivity index (χ3n) is 1.90. The molecule has 0 aliphatic heterocycles. The maximum atomic E-state index is 12.0. The summed E-state index contributed by atoms with van der Waals surface area (Å²) in [5, 5.41) is 0. The summed E-state index contributed by atoms with van der Waals surface area (Å²) in [7, 11) is 0. The highest BCUT2D eigenvalue weighted by Crippen LogP contribution is 2.24. The van der Waals surface area contributed by atoms with Gasteiger partial charge in [0.25, 0.3) is 5.91 Å². The second-order valence-electron chi connectivity index (χ2n) is 3.10. The fraction of sp³-hybridized carbons (Fsp3) is 0.364. The van der Waals surface area contributed by atoms with E-state index >= 15 is 0 Å². The lowest BCUT2D eigenvalue weighted by molar-refractivity contribution is 0.0995. The zero-order valence-electron chi connectivity index (χ0n) is 9.12. The van der Waals surface area contributed by atoms with Crippen LogP contribution in [0, 0.1) is 0 Å². The zero-order chi connectivity index (χ0) is 12.7. The molecule has 1 aromatic carbocycles. The van der Waals surface area contributed by atoms with Crippen molar-refractivity contribution >= 4 is 5.91 Å². The van der Waals surface area contributed by atoms with Crippen molar-refractivity contribution in [2.45, 2.75) is 0 Å². The van der Waals surface area contributed by atoms with Crippen LogP contribution in [0.15, 0.2) is 18.2 Å². The van der Waals surface area contributed by atoms with Gasteiger partial charge in [-0.05, 0) is 12.1 Å². The number of halogens is 2. The summed E-state index contributed by atoms with van der Waals surface area (Å²) >= 11 is 0. The van der Waals surface area contributed by atoms with Crippen LogP contribution in [0.5, 0.6) is 11.5 Å². The number of alkyl halides is 2. The Morgan fingerprint density at radius 3 is 2.41 bits per heavy atom. The van der Waals surface area contributed by atoms with Gasteiger partial charge in [0.05, 0.1) is 5.56 Å². The molecule has 1 aromatic rings. The standard InChI is InChI=1S/C11H13F2NO3/c12-3-5-16-8-1-2-9(11(14)15)10(7-8)17-6-4-13/h1-2,7H,3-6H2,(H2,14,15). The van der Waals surface area contributed by atoms with Crippen molar-refractivity contribution in [3.05, 3.63) is 23.8 Å². The van der Waals surface area contributed by atoms with Gasteiger partial charge in [0.1, 0.15) is 38.1 Å². The predicted molar refractivity (Wildman–Crippen MR) is 57.9 cm³/mol. The molecule has 0 atom stereocenters. The number of carbonyl (C=O) groups is 1. The largest absolute Gasteiger partial charge is 0.491 e. The third kappa shape index (κ3) is 3.90. The first-order chi connectivity index (χ1) is 8.19. The number of amides is 1. The molecule has 0 saturated heterocycles. The van der Waals surface area contributed by atoms with E-state index in [0.29, 0.717) is 5.75 Å². The summed E-state index contributed by atoms with van der Waals surface area (Å²) in [4.78, 5) is 11.1. The zero-order valence-corrected chi connectivity index (χ0v) is 9.12. The van der Waals surface area contributed by atoms with Crippen LogP contribution in [0.25, 0.3) is 0 Å². The molecule has 0 saturated carbocycles. The molecule has 1 rings (SSSR count). The van der Waals surface area contributed by atoms with E-state index in [-0.39, 0.29) is 24.5 Å². The van der Waals surface area contributed by atoms with Crippen LogP contribution in [0.4, 0.5) is 8.78 Å². The molecule has 0 spiro atoms. The van der Waals surface area contributed by atoms with Crippen LogP contribution in [0.3, 0.4) is 0 Å². The summed E-state index contributed by atoms with van der Waals surface area (Å²) in [6.45, 7) is -1.60. The van der Waals surface area contributed by atoms with E-state index < -0.39 is 19.3 Å². The predicted octanol–water partition coefficient (Wildman–Crippen LogP) is 1.48. The molecular weight excluding hydrogens is 232 g/mol. The first-order valence-corrected chi connectivity index (χ1v) is 5.00. The summed E-state index contributed by atoms with van der Waals surface area (Å²) in [5.74, 6) is -0.219. The Hall–Kier alpha value is -1.85. The molecule has 0 aromatic heterocycles. The van der Waals surface area contributed by atoms with E-state index in [2.05, 4.69) is 0 Å². The van der Waals surface area contributed by atoms with Gasteiger partial charge < -0.3 is 15.2 Å². The second-order valence-corrected chi connectivity index (χ2v) is 3.10. The molecule has 94 valence electrons. The second kappa shape index (κ2) is 6.67. The highest BCUT2D eigenvalue weighted by molar-refractivity contribution is 5.95.